The van der Waals surface area contributed by atoms with Crippen LogP contribution in [-0.4, -0.2) is 49.2 Å². The van der Waals surface area contributed by atoms with Crippen LogP contribution in [0.15, 0.2) is 23.2 Å². The molecule has 0 aliphatic rings. The fourth-order valence-electron chi connectivity index (χ4n) is 2.19. The average Bonchev–Trinajstić information content (AvgIpc) is 2.58. The Labute approximate surface area is 183 Å². The predicted molar refractivity (Wildman–Crippen MR) is 118 cm³/mol. The highest BCUT2D eigenvalue weighted by atomic mass is 127. The number of carbonyl (C=O) groups is 1. The molecule has 0 aliphatic heterocycles. The van der Waals surface area contributed by atoms with E-state index in [0.717, 1.165) is 18.2 Å². The van der Waals surface area contributed by atoms with Crippen molar-refractivity contribution >= 4 is 36.0 Å². The lowest BCUT2D eigenvalue weighted by atomic mass is 10.2. The number of hydrogen-bond donors (Lipinski definition) is 2. The van der Waals surface area contributed by atoms with Gasteiger partial charge < -0.3 is 20.3 Å². The molecule has 1 rings (SSSR count). The Balaban J connectivity index is 0.00000729. The molecule has 1 atom stereocenters. The maximum Gasteiger partial charge on any atom is 0.410 e. The van der Waals surface area contributed by atoms with Gasteiger partial charge in [0.25, 0.3) is 0 Å². The monoisotopic (exact) mass is 512 g/mol. The van der Waals surface area contributed by atoms with Gasteiger partial charge in [0.15, 0.2) is 5.96 Å². The summed E-state index contributed by atoms with van der Waals surface area (Å²) in [6.45, 7) is 8.03. The third-order valence-corrected chi connectivity index (χ3v) is 3.87. The van der Waals surface area contributed by atoms with Gasteiger partial charge in [-0.15, -0.1) is 24.0 Å². The summed E-state index contributed by atoms with van der Waals surface area (Å²) >= 11 is 0. The topological polar surface area (TPSA) is 66.0 Å². The molecule has 28 heavy (non-hydrogen) atoms. The molecule has 160 valence electrons. The largest absolute Gasteiger partial charge is 0.444 e. The first-order chi connectivity index (χ1) is 12.5. The lowest BCUT2D eigenvalue weighted by Crippen LogP contribution is -2.42. The molecular formula is C19H31F2IN4O2. The number of ether oxygens (including phenoxy) is 1. The van der Waals surface area contributed by atoms with E-state index in [4.69, 9.17) is 4.74 Å². The summed E-state index contributed by atoms with van der Waals surface area (Å²) in [6, 6.07) is 3.27. The first-order valence-corrected chi connectivity index (χ1v) is 8.87. The third-order valence-electron chi connectivity index (χ3n) is 3.87. The van der Waals surface area contributed by atoms with E-state index in [0.29, 0.717) is 18.9 Å². The first kappa shape index (κ1) is 26.4. The molecule has 0 aromatic heterocycles. The summed E-state index contributed by atoms with van der Waals surface area (Å²) in [5.41, 5.74) is -0.322. The Morgan fingerprint density at radius 1 is 1.29 bits per heavy atom. The molecule has 1 amide bonds. The molecule has 1 unspecified atom stereocenters. The third kappa shape index (κ3) is 9.52. The van der Waals surface area contributed by atoms with Crippen molar-refractivity contribution in [2.75, 3.05) is 20.6 Å². The number of amides is 1. The van der Waals surface area contributed by atoms with Crippen LogP contribution in [0.25, 0.3) is 0 Å². The molecule has 0 spiro atoms. The first-order valence-electron chi connectivity index (χ1n) is 8.87. The van der Waals surface area contributed by atoms with Crippen molar-refractivity contribution in [3.05, 3.63) is 35.4 Å². The van der Waals surface area contributed by atoms with E-state index in [1.807, 2.05) is 27.7 Å². The molecule has 0 fully saturated rings. The van der Waals surface area contributed by atoms with Crippen molar-refractivity contribution < 1.29 is 18.3 Å². The normalized spacial score (nSPS) is 12.6. The fraction of sp³-hybridized carbons (Fsp3) is 0.579. The molecule has 0 saturated heterocycles. The zero-order chi connectivity index (χ0) is 20.6. The average molecular weight is 512 g/mol. The van der Waals surface area contributed by atoms with Crippen molar-refractivity contribution in [3.63, 3.8) is 0 Å². The van der Waals surface area contributed by atoms with Crippen LogP contribution < -0.4 is 10.6 Å². The standard InChI is InChI=1S/C19H30F2N4O2.HI/c1-13(25(6)18(26)27-19(2,3)4)9-10-23-17(22-5)24-12-14-11-15(20)7-8-16(14)21;/h7-8,11,13H,9-10,12H2,1-6H3,(H2,22,23,24);1H. The van der Waals surface area contributed by atoms with E-state index in [-0.39, 0.29) is 48.2 Å². The van der Waals surface area contributed by atoms with Crippen molar-refractivity contribution in [2.24, 2.45) is 4.99 Å². The highest BCUT2D eigenvalue weighted by molar-refractivity contribution is 14.0. The number of carbonyl (C=O) groups excluding carboxylic acids is 1. The van der Waals surface area contributed by atoms with Crippen LogP contribution in [0.2, 0.25) is 0 Å². The number of nitrogens with zero attached hydrogens (tertiary/aromatic N) is 2. The molecule has 0 aliphatic carbocycles. The number of aliphatic imine (C=N–C) groups is 1. The van der Waals surface area contributed by atoms with Gasteiger partial charge in [-0.2, -0.15) is 0 Å². The SMILES string of the molecule is CN=C(NCCC(C)N(C)C(=O)OC(C)(C)C)NCc1cc(F)ccc1F.I. The maximum absolute atomic E-state index is 13.6. The minimum atomic E-state index is -0.540. The number of nitrogens with one attached hydrogen (secondary N) is 2. The summed E-state index contributed by atoms with van der Waals surface area (Å²) in [5.74, 6) is -0.507. The lowest BCUT2D eigenvalue weighted by Gasteiger charge is -2.28. The van der Waals surface area contributed by atoms with Gasteiger partial charge in [-0.25, -0.2) is 13.6 Å². The Hall–Kier alpha value is -1.65. The van der Waals surface area contributed by atoms with Gasteiger partial charge in [-0.05, 0) is 52.3 Å². The van der Waals surface area contributed by atoms with Gasteiger partial charge in [0.1, 0.15) is 17.2 Å². The zero-order valence-electron chi connectivity index (χ0n) is 17.3. The van der Waals surface area contributed by atoms with Crippen LogP contribution in [0.3, 0.4) is 0 Å². The molecule has 0 heterocycles. The van der Waals surface area contributed by atoms with Crippen molar-refractivity contribution in [1.29, 1.82) is 0 Å². The van der Waals surface area contributed by atoms with E-state index >= 15 is 0 Å². The quantitative estimate of drug-likeness (QED) is 0.345. The molecule has 0 radical (unpaired) electrons. The minimum Gasteiger partial charge on any atom is -0.444 e. The van der Waals surface area contributed by atoms with Gasteiger partial charge >= 0.3 is 6.09 Å². The van der Waals surface area contributed by atoms with Crippen LogP contribution in [0.1, 0.15) is 39.7 Å². The molecule has 6 nitrogen and oxygen atoms in total. The maximum atomic E-state index is 13.6. The number of hydrogen-bond acceptors (Lipinski definition) is 3. The van der Waals surface area contributed by atoms with Crippen LogP contribution in [0.4, 0.5) is 13.6 Å². The second-order valence-corrected chi connectivity index (χ2v) is 7.32. The van der Waals surface area contributed by atoms with Gasteiger partial charge in [-0.1, -0.05) is 0 Å². The van der Waals surface area contributed by atoms with Crippen molar-refractivity contribution in [2.45, 2.75) is 52.3 Å². The van der Waals surface area contributed by atoms with Crippen molar-refractivity contribution in [3.8, 4) is 0 Å². The minimum absolute atomic E-state index is 0. The fourth-order valence-corrected chi connectivity index (χ4v) is 2.19. The summed E-state index contributed by atoms with van der Waals surface area (Å²) in [7, 11) is 3.28. The zero-order valence-corrected chi connectivity index (χ0v) is 19.6. The Morgan fingerprint density at radius 2 is 1.93 bits per heavy atom. The number of guanidine groups is 1. The van der Waals surface area contributed by atoms with E-state index in [9.17, 15) is 13.6 Å². The van der Waals surface area contributed by atoms with E-state index < -0.39 is 17.2 Å². The Kier molecular flexibility index (Phi) is 11.3. The predicted octanol–water partition coefficient (Wildman–Crippen LogP) is 3.89. The molecule has 9 heteroatoms. The van der Waals surface area contributed by atoms with Crippen LogP contribution in [0, 0.1) is 11.6 Å². The molecule has 1 aromatic rings. The second kappa shape index (κ2) is 12.0. The van der Waals surface area contributed by atoms with Crippen LogP contribution in [-0.2, 0) is 11.3 Å². The second-order valence-electron chi connectivity index (χ2n) is 7.32. The molecule has 0 bridgehead atoms. The summed E-state index contributed by atoms with van der Waals surface area (Å²) in [4.78, 5) is 17.7. The molecular weight excluding hydrogens is 481 g/mol. The van der Waals surface area contributed by atoms with Crippen molar-refractivity contribution in [1.82, 2.24) is 15.5 Å². The van der Waals surface area contributed by atoms with E-state index in [2.05, 4.69) is 15.6 Å². The molecule has 0 saturated carbocycles. The van der Waals surface area contributed by atoms with Crippen LogP contribution >= 0.6 is 24.0 Å². The van der Waals surface area contributed by atoms with E-state index in [1.165, 1.54) is 0 Å². The van der Waals surface area contributed by atoms with Gasteiger partial charge in [-0.3, -0.25) is 4.99 Å². The van der Waals surface area contributed by atoms with E-state index in [1.54, 1.807) is 19.0 Å². The molecule has 2 N–H and O–H groups in total. The smallest absolute Gasteiger partial charge is 0.410 e. The highest BCUT2D eigenvalue weighted by Gasteiger charge is 2.22. The van der Waals surface area contributed by atoms with Gasteiger partial charge in [0.05, 0.1) is 0 Å². The summed E-state index contributed by atoms with van der Waals surface area (Å²) in [5, 5.41) is 6.03. The number of halogens is 3. The Bertz CT molecular complexity index is 666. The summed E-state index contributed by atoms with van der Waals surface area (Å²) in [6.07, 6.45) is 0.282. The lowest BCUT2D eigenvalue weighted by molar-refractivity contribution is 0.0230. The number of rotatable bonds is 6. The number of benzene rings is 1. The van der Waals surface area contributed by atoms with Gasteiger partial charge in [0, 0.05) is 38.8 Å². The van der Waals surface area contributed by atoms with Gasteiger partial charge in [0.2, 0.25) is 0 Å². The molecule has 1 aromatic carbocycles. The Morgan fingerprint density at radius 3 is 2.50 bits per heavy atom. The van der Waals surface area contributed by atoms with Crippen LogP contribution in [0.5, 0.6) is 0 Å². The highest BCUT2D eigenvalue weighted by Crippen LogP contribution is 2.12. The summed E-state index contributed by atoms with van der Waals surface area (Å²) < 4.78 is 32.2.